The van der Waals surface area contributed by atoms with Crippen molar-refractivity contribution in [2.45, 2.75) is 64.4 Å². The van der Waals surface area contributed by atoms with Gasteiger partial charge in [-0.3, -0.25) is 9.32 Å². The molecule has 0 rings (SSSR count). The van der Waals surface area contributed by atoms with E-state index < -0.39 is 31.2 Å². The first-order valence-electron chi connectivity index (χ1n) is 8.60. The minimum Gasteiger partial charge on any atom is -0.390 e. The molecular weight excluding hydrogens is 415 g/mol. The van der Waals surface area contributed by atoms with Gasteiger partial charge in [0, 0.05) is 23.2 Å². The summed E-state index contributed by atoms with van der Waals surface area (Å²) in [5, 5.41) is 19.2. The molecule has 0 aromatic heterocycles. The number of hydrogen-bond donors (Lipinski definition) is 5. The van der Waals surface area contributed by atoms with E-state index in [1.807, 2.05) is 0 Å². The number of Topliss-reactive ketones (excluding diaryl/α,β-unsaturated/α-hetero) is 1. The fraction of sp³-hybridized carbons (Fsp3) is 0.938. The Morgan fingerprint density at radius 2 is 1.70 bits per heavy atom. The summed E-state index contributed by atoms with van der Waals surface area (Å²) in [4.78, 5) is 30.4. The molecule has 0 aliphatic heterocycles. The van der Waals surface area contributed by atoms with Crippen LogP contribution in [0.3, 0.4) is 0 Å². The van der Waals surface area contributed by atoms with Gasteiger partial charge in [0.2, 0.25) is 0 Å². The van der Waals surface area contributed by atoms with Crippen LogP contribution in [0.2, 0.25) is 0 Å². The summed E-state index contributed by atoms with van der Waals surface area (Å²) in [6, 6.07) is 0. The third-order valence-corrected chi connectivity index (χ3v) is 6.28. The Hall–Kier alpha value is 0.360. The largest absolute Gasteiger partial charge is 0.470 e. The van der Waals surface area contributed by atoms with E-state index in [2.05, 4.69) is 12.6 Å². The highest BCUT2D eigenvalue weighted by atomic mass is 32.2. The monoisotopic (exact) mass is 448 g/mol. The first-order chi connectivity index (χ1) is 12.1. The van der Waals surface area contributed by atoms with E-state index in [4.69, 9.17) is 19.0 Å². The smallest absolute Gasteiger partial charge is 0.390 e. The van der Waals surface area contributed by atoms with Gasteiger partial charge in [0.1, 0.15) is 5.60 Å². The second kappa shape index (κ2) is 11.5. The number of thioether (sulfide) groups is 1. The number of carbonyl (C=O) groups excluding carboxylic acids is 1. The van der Waals surface area contributed by atoms with Crippen molar-refractivity contribution in [3.63, 3.8) is 0 Å². The van der Waals surface area contributed by atoms with Crippen LogP contribution in [0.4, 0.5) is 0 Å². The number of thiol groups is 1. The third kappa shape index (κ3) is 11.8. The average molecular weight is 449 g/mol. The Bertz CT molecular complexity index is 509. The van der Waals surface area contributed by atoms with Crippen molar-refractivity contribution in [2.24, 2.45) is 5.92 Å². The first kappa shape index (κ1) is 27.4. The predicted octanol–water partition coefficient (Wildman–Crippen LogP) is 1.65. The number of hydrogen-bond acceptors (Lipinski definition) is 8. The fourth-order valence-corrected chi connectivity index (χ4v) is 4.34. The molecule has 0 saturated carbocycles. The second-order valence-electron chi connectivity index (χ2n) is 7.57. The highest BCUT2D eigenvalue weighted by Gasteiger charge is 2.34. The standard InChI is InChI=1S/C16H33O8PS2/c1-11(9-27-10-13(18)12(17)8-26)14(19)16(4,5)23-7-6-15(2,3)24-25(20,21)22/h11-13,17-18,26H,6-10H2,1-5H3,(H2,20,21,22). The molecule has 27 heavy (non-hydrogen) atoms. The zero-order chi connectivity index (χ0) is 21.5. The summed E-state index contributed by atoms with van der Waals surface area (Å²) in [6.45, 7) is 8.23. The highest BCUT2D eigenvalue weighted by Crippen LogP contribution is 2.42. The molecule has 11 heteroatoms. The van der Waals surface area contributed by atoms with Gasteiger partial charge in [-0.05, 0) is 34.1 Å². The quantitative estimate of drug-likeness (QED) is 0.199. The van der Waals surface area contributed by atoms with Crippen molar-refractivity contribution >= 4 is 38.0 Å². The van der Waals surface area contributed by atoms with Crippen LogP contribution < -0.4 is 0 Å². The molecule has 0 aromatic rings. The molecule has 0 aliphatic rings. The maximum atomic E-state index is 12.6. The van der Waals surface area contributed by atoms with Crippen molar-refractivity contribution in [1.29, 1.82) is 0 Å². The Labute approximate surface area is 171 Å². The normalized spacial score (nSPS) is 16.8. The lowest BCUT2D eigenvalue weighted by Crippen LogP contribution is -2.41. The molecule has 162 valence electrons. The Balaban J connectivity index is 4.44. The zero-order valence-corrected chi connectivity index (χ0v) is 19.1. The second-order valence-corrected chi connectivity index (χ2v) is 10.2. The summed E-state index contributed by atoms with van der Waals surface area (Å²) in [5.74, 6) is 0.486. The SMILES string of the molecule is CC(CSCC(O)C(O)CS)C(=O)C(C)(C)OCCC(C)(C)OP(=O)(O)O. The van der Waals surface area contributed by atoms with Gasteiger partial charge in [-0.1, -0.05) is 6.92 Å². The molecule has 0 heterocycles. The van der Waals surface area contributed by atoms with Crippen molar-refractivity contribution in [2.75, 3.05) is 23.9 Å². The molecule has 0 aromatic carbocycles. The molecule has 0 spiro atoms. The molecule has 0 radical (unpaired) electrons. The van der Waals surface area contributed by atoms with Crippen LogP contribution in [0.1, 0.15) is 41.0 Å². The molecule has 8 nitrogen and oxygen atoms in total. The van der Waals surface area contributed by atoms with Gasteiger partial charge in [0.05, 0.1) is 24.4 Å². The van der Waals surface area contributed by atoms with Crippen molar-refractivity contribution in [3.8, 4) is 0 Å². The third-order valence-electron chi connectivity index (χ3n) is 3.86. The molecular formula is C16H33O8PS2. The Kier molecular flexibility index (Phi) is 11.7. The van der Waals surface area contributed by atoms with E-state index in [-0.39, 0.29) is 30.5 Å². The maximum Gasteiger partial charge on any atom is 0.470 e. The number of ether oxygens (including phenoxy) is 1. The summed E-state index contributed by atoms with van der Waals surface area (Å²) in [5.41, 5.74) is -2.16. The lowest BCUT2D eigenvalue weighted by molar-refractivity contribution is -0.145. The molecule has 0 amide bonds. The number of phosphoric ester groups is 1. The number of carbonyl (C=O) groups is 1. The fourth-order valence-electron chi connectivity index (χ4n) is 2.26. The molecule has 3 atom stereocenters. The van der Waals surface area contributed by atoms with Gasteiger partial charge in [-0.15, -0.1) is 0 Å². The van der Waals surface area contributed by atoms with Gasteiger partial charge in [-0.2, -0.15) is 24.4 Å². The first-order valence-corrected chi connectivity index (χ1v) is 11.9. The minimum absolute atomic E-state index is 0.0957. The number of aliphatic hydroxyl groups is 2. The van der Waals surface area contributed by atoms with E-state index in [9.17, 15) is 19.6 Å². The van der Waals surface area contributed by atoms with E-state index in [1.54, 1.807) is 20.8 Å². The van der Waals surface area contributed by atoms with Crippen molar-refractivity contribution < 1.29 is 38.6 Å². The van der Waals surface area contributed by atoms with Crippen LogP contribution in [0, 0.1) is 5.92 Å². The number of phosphoric acid groups is 1. The topological polar surface area (TPSA) is 134 Å². The van der Waals surface area contributed by atoms with Crippen LogP contribution in [0.25, 0.3) is 0 Å². The highest BCUT2D eigenvalue weighted by molar-refractivity contribution is 7.99. The van der Waals surface area contributed by atoms with E-state index in [0.29, 0.717) is 11.5 Å². The van der Waals surface area contributed by atoms with Crippen LogP contribution in [-0.4, -0.2) is 73.1 Å². The lowest BCUT2D eigenvalue weighted by Gasteiger charge is -2.30. The summed E-state index contributed by atoms with van der Waals surface area (Å²) >= 11 is 5.29. The van der Waals surface area contributed by atoms with Gasteiger partial charge in [0.15, 0.2) is 5.78 Å². The summed E-state index contributed by atoms with van der Waals surface area (Å²) in [7, 11) is -4.60. The minimum atomic E-state index is -4.60. The number of ketones is 1. The predicted molar refractivity (Wildman–Crippen MR) is 109 cm³/mol. The zero-order valence-electron chi connectivity index (χ0n) is 16.5. The Morgan fingerprint density at radius 1 is 1.15 bits per heavy atom. The summed E-state index contributed by atoms with van der Waals surface area (Å²) in [6.07, 6.45) is -1.59. The molecule has 0 saturated heterocycles. The number of aliphatic hydroxyl groups excluding tert-OH is 2. The maximum absolute atomic E-state index is 12.6. The van der Waals surface area contributed by atoms with Crippen LogP contribution in [0.5, 0.6) is 0 Å². The van der Waals surface area contributed by atoms with Crippen molar-refractivity contribution in [1.82, 2.24) is 0 Å². The van der Waals surface area contributed by atoms with Crippen molar-refractivity contribution in [3.05, 3.63) is 0 Å². The van der Waals surface area contributed by atoms with Crippen LogP contribution >= 0.6 is 32.2 Å². The summed E-state index contributed by atoms with van der Waals surface area (Å²) < 4.78 is 21.3. The molecule has 0 fully saturated rings. The lowest BCUT2D eigenvalue weighted by atomic mass is 9.94. The Morgan fingerprint density at radius 3 is 2.19 bits per heavy atom. The van der Waals surface area contributed by atoms with Crippen LogP contribution in [0.15, 0.2) is 0 Å². The average Bonchev–Trinajstić information content (AvgIpc) is 2.50. The molecule has 4 N–H and O–H groups in total. The van der Waals surface area contributed by atoms with Gasteiger partial charge in [0.25, 0.3) is 0 Å². The van der Waals surface area contributed by atoms with Gasteiger partial charge >= 0.3 is 7.82 Å². The number of rotatable bonds is 14. The van der Waals surface area contributed by atoms with E-state index >= 15 is 0 Å². The van der Waals surface area contributed by atoms with E-state index in [1.165, 1.54) is 25.6 Å². The molecule has 0 aliphatic carbocycles. The van der Waals surface area contributed by atoms with Gasteiger partial charge < -0.3 is 24.7 Å². The molecule has 3 unspecified atom stereocenters. The molecule has 0 bridgehead atoms. The van der Waals surface area contributed by atoms with E-state index in [0.717, 1.165) is 0 Å². The van der Waals surface area contributed by atoms with Crippen LogP contribution in [-0.2, 0) is 18.6 Å². The van der Waals surface area contributed by atoms with Gasteiger partial charge in [-0.25, -0.2) is 4.57 Å².